The van der Waals surface area contributed by atoms with Gasteiger partial charge in [-0.15, -0.1) is 0 Å². The average Bonchev–Trinajstić information content (AvgIpc) is 2.65. The number of hydrogen-bond acceptors (Lipinski definition) is 10. The van der Waals surface area contributed by atoms with Crippen LogP contribution in [0.5, 0.6) is 0 Å². The Hall–Kier alpha value is 3.81. The molecule has 0 bridgehead atoms. The molecule has 33 heavy (non-hydrogen) atoms. The standard InChI is InChI=1S/2C8H18O4PS2.3Zn/c2*1-3-5-7-11-15(13(9,10)14)12-8-6-4-2;;;/h2*3-8H2,1-2H3;;;/q2*-3;3*+2. The van der Waals surface area contributed by atoms with Gasteiger partial charge >= 0.3 is 58.4 Å². The van der Waals surface area contributed by atoms with Crippen molar-refractivity contribution < 1.29 is 94.7 Å². The topological polar surface area (TPSA) is 129 Å². The number of hydrogen-bond donors (Lipinski definition) is 0. The first kappa shape index (κ1) is 46.6. The van der Waals surface area contributed by atoms with Crippen molar-refractivity contribution in [1.82, 2.24) is 0 Å². The van der Waals surface area contributed by atoms with Crippen LogP contribution in [-0.2, 0) is 121 Å². The van der Waals surface area contributed by atoms with Crippen molar-refractivity contribution in [2.24, 2.45) is 0 Å². The monoisotopic (exact) mass is 738 g/mol. The van der Waals surface area contributed by atoms with Gasteiger partial charge in [0.25, 0.3) is 0 Å². The maximum Gasteiger partial charge on any atom is 2.00 e. The fourth-order valence-corrected chi connectivity index (χ4v) is 7.11. The maximum absolute atomic E-state index is 11.1. The molecule has 0 heterocycles. The van der Waals surface area contributed by atoms with Crippen molar-refractivity contribution in [1.29, 1.82) is 0 Å². The predicted molar refractivity (Wildman–Crippen MR) is 127 cm³/mol. The molecular weight excluding hydrogens is 707 g/mol. The second-order valence-electron chi connectivity index (χ2n) is 6.03. The third-order valence-corrected chi connectivity index (χ3v) is 10.9. The summed E-state index contributed by atoms with van der Waals surface area (Å²) in [6.07, 6.45) is 7.07. The molecule has 0 aliphatic carbocycles. The third kappa shape index (κ3) is 31.9. The molecule has 0 radical (unpaired) electrons. The Morgan fingerprint density at radius 3 is 0.818 bits per heavy atom. The van der Waals surface area contributed by atoms with Gasteiger partial charge in [0.2, 0.25) is 0 Å². The van der Waals surface area contributed by atoms with Gasteiger partial charge in [-0.05, 0) is 25.7 Å². The largest absolute Gasteiger partial charge is 2.00 e. The van der Waals surface area contributed by atoms with Gasteiger partial charge in [0, 0.05) is 21.3 Å². The predicted octanol–water partition coefficient (Wildman–Crippen LogP) is 2.02. The maximum atomic E-state index is 11.1. The van der Waals surface area contributed by atoms with Crippen LogP contribution >= 0.6 is 11.4 Å². The normalized spacial score (nSPS) is 11.3. The van der Waals surface area contributed by atoms with E-state index in [-0.39, 0.29) is 58.4 Å². The van der Waals surface area contributed by atoms with Gasteiger partial charge in [0.15, 0.2) is 0 Å². The minimum atomic E-state index is -3.94. The van der Waals surface area contributed by atoms with E-state index in [1.165, 1.54) is 0 Å². The van der Waals surface area contributed by atoms with Crippen molar-refractivity contribution in [2.75, 3.05) is 26.4 Å². The summed E-state index contributed by atoms with van der Waals surface area (Å²) < 4.78 is 20.5. The van der Waals surface area contributed by atoms with Crippen LogP contribution in [0.25, 0.3) is 0 Å². The number of unbranched alkanes of at least 4 members (excludes halogenated alkanes) is 4. The molecule has 0 amide bonds. The van der Waals surface area contributed by atoms with Gasteiger partial charge in [-0.25, -0.2) is 0 Å². The van der Waals surface area contributed by atoms with E-state index in [4.69, 9.17) is 16.7 Å². The fourth-order valence-electron chi connectivity index (χ4n) is 1.42. The van der Waals surface area contributed by atoms with Crippen LogP contribution in [-0.4, -0.2) is 26.4 Å². The third-order valence-electron chi connectivity index (χ3n) is 3.09. The van der Waals surface area contributed by atoms with Crippen LogP contribution in [0.4, 0.5) is 0 Å². The molecule has 0 unspecified atom stereocenters. The Kier molecular flexibility index (Phi) is 42.9. The summed E-state index contributed by atoms with van der Waals surface area (Å²) in [5.41, 5.74) is -7.88. The first-order valence-corrected chi connectivity index (χ1v) is 18.7. The Morgan fingerprint density at radius 1 is 0.515 bits per heavy atom. The molecule has 0 aliphatic heterocycles. The molecule has 0 aromatic rings. The van der Waals surface area contributed by atoms with Crippen molar-refractivity contribution in [3.05, 3.63) is 0 Å². The summed E-state index contributed by atoms with van der Waals surface area (Å²) in [5, 5.41) is 0. The van der Waals surface area contributed by atoms with E-state index in [0.717, 1.165) is 51.4 Å². The first-order chi connectivity index (χ1) is 14.0. The van der Waals surface area contributed by atoms with Crippen LogP contribution in [0.1, 0.15) is 79.1 Å². The van der Waals surface area contributed by atoms with Gasteiger partial charge in [0.1, 0.15) is 0 Å². The Bertz CT molecular complexity index is 453. The minimum Gasteiger partial charge on any atom is -0.851 e. The van der Waals surface area contributed by atoms with E-state index in [2.05, 4.69) is 24.5 Å². The molecule has 8 nitrogen and oxygen atoms in total. The van der Waals surface area contributed by atoms with Crippen molar-refractivity contribution in [2.45, 2.75) is 79.1 Å². The van der Waals surface area contributed by atoms with Crippen LogP contribution in [0.15, 0.2) is 0 Å². The summed E-state index contributed by atoms with van der Waals surface area (Å²) >= 11 is 8.74. The van der Waals surface area contributed by atoms with E-state index in [9.17, 15) is 19.6 Å². The van der Waals surface area contributed by atoms with E-state index in [0.29, 0.717) is 26.4 Å². The van der Waals surface area contributed by atoms with Gasteiger partial charge in [-0.2, -0.15) is 0 Å². The van der Waals surface area contributed by atoms with Gasteiger partial charge in [-0.3, -0.25) is 0 Å². The van der Waals surface area contributed by atoms with Crippen molar-refractivity contribution in [3.63, 3.8) is 0 Å². The summed E-state index contributed by atoms with van der Waals surface area (Å²) in [7, 11) is -3.06. The molecule has 0 aromatic carbocycles. The van der Waals surface area contributed by atoms with Crippen LogP contribution < -0.4 is 19.6 Å². The summed E-state index contributed by atoms with van der Waals surface area (Å²) in [4.78, 5) is 44.5. The molecule has 0 spiro atoms. The molecule has 0 atom stereocenters. The average molecular weight is 743 g/mol. The fraction of sp³-hybridized carbons (Fsp3) is 1.00. The van der Waals surface area contributed by atoms with Gasteiger partial charge in [0.05, 0.1) is 26.4 Å². The zero-order chi connectivity index (χ0) is 23.5. The molecule has 0 N–H and O–H groups in total. The van der Waals surface area contributed by atoms with E-state index < -0.39 is 32.7 Å². The zero-order valence-corrected chi connectivity index (χ0v) is 34.4. The second-order valence-corrected chi connectivity index (χ2v) is 18.6. The molecule has 0 saturated carbocycles. The first-order valence-electron chi connectivity index (χ1n) is 10.1. The molecule has 0 fully saturated rings. The molecule has 0 aliphatic rings. The SMILES string of the molecule is CCCCOS(OCCCC)=P([O-])([O-])[S-].CCCCOS(OCCCC)=P([O-])([O-])[S-].[Zn+2].[Zn+2].[Zn+2]. The minimum absolute atomic E-state index is 0. The summed E-state index contributed by atoms with van der Waals surface area (Å²) in [6.45, 7) is 9.55. The van der Waals surface area contributed by atoms with E-state index in [1.807, 2.05) is 27.7 Å². The van der Waals surface area contributed by atoms with Crippen molar-refractivity contribution in [3.8, 4) is 0 Å². The quantitative estimate of drug-likeness (QED) is 0.100. The second kappa shape index (κ2) is 30.4. The summed E-state index contributed by atoms with van der Waals surface area (Å²) in [5.74, 6) is 0. The molecule has 0 saturated heterocycles. The van der Waals surface area contributed by atoms with Crippen LogP contribution in [0.3, 0.4) is 0 Å². The van der Waals surface area contributed by atoms with E-state index >= 15 is 0 Å². The molecule has 0 rings (SSSR count). The molecular formula is C16H36O8P2S4Zn3. The molecule has 0 aromatic heterocycles. The number of rotatable bonds is 16. The Morgan fingerprint density at radius 2 is 0.697 bits per heavy atom. The summed E-state index contributed by atoms with van der Waals surface area (Å²) in [6, 6.07) is 0. The van der Waals surface area contributed by atoms with Gasteiger partial charge in [-0.1, -0.05) is 53.4 Å². The Balaban J connectivity index is -0.000000145. The molecule has 188 valence electrons. The van der Waals surface area contributed by atoms with Gasteiger partial charge < -0.3 is 72.2 Å². The van der Waals surface area contributed by atoms with Crippen LogP contribution in [0, 0.1) is 0 Å². The Labute approximate surface area is 255 Å². The van der Waals surface area contributed by atoms with Crippen molar-refractivity contribution >= 4 is 57.2 Å². The van der Waals surface area contributed by atoms with E-state index in [1.54, 1.807) is 0 Å². The zero-order valence-electron chi connectivity index (χ0n) is 20.4. The smallest absolute Gasteiger partial charge is 0.851 e. The molecule has 17 heteroatoms. The van der Waals surface area contributed by atoms with Crippen LogP contribution in [0.2, 0.25) is 0 Å².